The SMILES string of the molecule is O=C(O)CC[C@@H](NC(=O)CCCC12CCC(C1)C2)C(=O)O. The molecule has 3 rings (SSSR count). The molecule has 0 unspecified atom stereocenters. The standard InChI is InChI=1S/C15H23NO5/c17-12(16-11(14(20)21)3-4-13(18)19)2-1-6-15-7-5-10(8-15)9-15/h10-11H,1-9H2,(H,16,17)(H,18,19)(H,20,21)/t10?,11-,15?/m1/s1. The van der Waals surface area contributed by atoms with E-state index in [4.69, 9.17) is 10.2 Å². The van der Waals surface area contributed by atoms with Gasteiger partial charge in [0.1, 0.15) is 6.04 Å². The minimum Gasteiger partial charge on any atom is -0.481 e. The van der Waals surface area contributed by atoms with Gasteiger partial charge in [-0.05, 0) is 56.3 Å². The highest BCUT2D eigenvalue weighted by Gasteiger charge is 2.49. The molecule has 0 aromatic carbocycles. The molecule has 0 aliphatic heterocycles. The highest BCUT2D eigenvalue weighted by molar-refractivity contribution is 5.83. The number of carbonyl (C=O) groups is 3. The van der Waals surface area contributed by atoms with Gasteiger partial charge in [0.25, 0.3) is 0 Å². The summed E-state index contributed by atoms with van der Waals surface area (Å²) in [6.07, 6.45) is 6.99. The van der Waals surface area contributed by atoms with Crippen molar-refractivity contribution in [2.45, 2.75) is 63.8 Å². The highest BCUT2D eigenvalue weighted by atomic mass is 16.4. The van der Waals surface area contributed by atoms with Crippen LogP contribution in [-0.2, 0) is 14.4 Å². The van der Waals surface area contributed by atoms with Crippen LogP contribution in [0, 0.1) is 11.3 Å². The average molecular weight is 297 g/mol. The highest BCUT2D eigenvalue weighted by Crippen LogP contribution is 2.61. The normalized spacial score (nSPS) is 27.7. The van der Waals surface area contributed by atoms with Crippen molar-refractivity contribution in [3.63, 3.8) is 0 Å². The van der Waals surface area contributed by atoms with Crippen molar-refractivity contribution in [2.75, 3.05) is 0 Å². The Kier molecular flexibility index (Phi) is 4.85. The Hall–Kier alpha value is -1.59. The van der Waals surface area contributed by atoms with E-state index in [1.165, 1.54) is 25.7 Å². The van der Waals surface area contributed by atoms with Crippen LogP contribution in [0.3, 0.4) is 0 Å². The molecular weight excluding hydrogens is 274 g/mol. The van der Waals surface area contributed by atoms with Crippen LogP contribution < -0.4 is 5.32 Å². The van der Waals surface area contributed by atoms with E-state index in [-0.39, 0.29) is 18.7 Å². The molecule has 3 aliphatic rings. The average Bonchev–Trinajstić information content (AvgIpc) is 2.93. The minimum absolute atomic E-state index is 0.0813. The van der Waals surface area contributed by atoms with Crippen LogP contribution >= 0.6 is 0 Å². The lowest BCUT2D eigenvalue weighted by Gasteiger charge is -2.38. The number of amides is 1. The second kappa shape index (κ2) is 6.45. The first kappa shape index (κ1) is 15.8. The zero-order valence-corrected chi connectivity index (χ0v) is 12.1. The fourth-order valence-corrected chi connectivity index (χ4v) is 3.83. The fourth-order valence-electron chi connectivity index (χ4n) is 3.83. The molecule has 6 nitrogen and oxygen atoms in total. The van der Waals surface area contributed by atoms with Gasteiger partial charge in [-0.3, -0.25) is 9.59 Å². The van der Waals surface area contributed by atoms with Crippen LogP contribution in [-0.4, -0.2) is 34.1 Å². The number of rotatable bonds is 9. The largest absolute Gasteiger partial charge is 0.481 e. The Morgan fingerprint density at radius 3 is 2.43 bits per heavy atom. The first-order valence-corrected chi connectivity index (χ1v) is 7.64. The van der Waals surface area contributed by atoms with Crippen LogP contribution in [0.2, 0.25) is 0 Å². The van der Waals surface area contributed by atoms with Gasteiger partial charge in [-0.1, -0.05) is 0 Å². The predicted molar refractivity (Wildman–Crippen MR) is 74.7 cm³/mol. The van der Waals surface area contributed by atoms with Gasteiger partial charge in [0.2, 0.25) is 5.91 Å². The van der Waals surface area contributed by atoms with Gasteiger partial charge in [0, 0.05) is 12.8 Å². The van der Waals surface area contributed by atoms with Crippen LogP contribution in [0.15, 0.2) is 0 Å². The van der Waals surface area contributed by atoms with Crippen LogP contribution in [0.1, 0.15) is 57.8 Å². The lowest BCUT2D eigenvalue weighted by Crippen LogP contribution is -2.41. The van der Waals surface area contributed by atoms with Gasteiger partial charge in [0.05, 0.1) is 0 Å². The summed E-state index contributed by atoms with van der Waals surface area (Å²) in [5.74, 6) is -1.62. The van der Waals surface area contributed by atoms with Crippen molar-refractivity contribution in [1.29, 1.82) is 0 Å². The summed E-state index contributed by atoms with van der Waals surface area (Å²) < 4.78 is 0. The Bertz CT molecular complexity index is 422. The van der Waals surface area contributed by atoms with Gasteiger partial charge >= 0.3 is 11.9 Å². The third-order valence-corrected chi connectivity index (χ3v) is 4.92. The molecule has 0 heterocycles. The second-order valence-corrected chi connectivity index (χ2v) is 6.56. The van der Waals surface area contributed by atoms with Gasteiger partial charge in [-0.2, -0.15) is 0 Å². The molecule has 6 heteroatoms. The summed E-state index contributed by atoms with van der Waals surface area (Å²) in [6.45, 7) is 0. The molecule has 21 heavy (non-hydrogen) atoms. The molecule has 1 atom stereocenters. The van der Waals surface area contributed by atoms with Gasteiger partial charge in [-0.25, -0.2) is 4.79 Å². The molecular formula is C15H23NO5. The molecule has 0 spiro atoms. The number of fused-ring (bicyclic) bond motifs is 1. The molecule has 3 fully saturated rings. The number of carboxylic acids is 2. The predicted octanol–water partition coefficient (Wildman–Crippen LogP) is 1.78. The van der Waals surface area contributed by atoms with Crippen LogP contribution in [0.5, 0.6) is 0 Å². The van der Waals surface area contributed by atoms with E-state index >= 15 is 0 Å². The number of hydrogen-bond acceptors (Lipinski definition) is 3. The summed E-state index contributed by atoms with van der Waals surface area (Å²) in [7, 11) is 0. The number of hydrogen-bond donors (Lipinski definition) is 3. The Balaban J connectivity index is 1.66. The quantitative estimate of drug-likeness (QED) is 0.602. The summed E-state index contributed by atoms with van der Waals surface area (Å²) in [6, 6.07) is -1.11. The molecule has 0 aromatic heterocycles. The van der Waals surface area contributed by atoms with E-state index in [1.54, 1.807) is 0 Å². The van der Waals surface area contributed by atoms with Crippen LogP contribution in [0.4, 0.5) is 0 Å². The summed E-state index contributed by atoms with van der Waals surface area (Å²) in [4.78, 5) is 33.2. The summed E-state index contributed by atoms with van der Waals surface area (Å²) in [5, 5.41) is 20.0. The lowest BCUT2D eigenvalue weighted by atomic mass is 9.67. The first-order valence-electron chi connectivity index (χ1n) is 7.64. The maximum absolute atomic E-state index is 11.8. The zero-order valence-electron chi connectivity index (χ0n) is 12.1. The molecule has 0 aromatic rings. The summed E-state index contributed by atoms with van der Waals surface area (Å²) >= 11 is 0. The van der Waals surface area contributed by atoms with Gasteiger partial charge < -0.3 is 15.5 Å². The first-order chi connectivity index (χ1) is 9.90. The second-order valence-electron chi connectivity index (χ2n) is 6.56. The van der Waals surface area contributed by atoms with Crippen molar-refractivity contribution >= 4 is 17.8 Å². The Labute approximate surface area is 123 Å². The van der Waals surface area contributed by atoms with E-state index < -0.39 is 18.0 Å². The molecule has 0 radical (unpaired) electrons. The molecule has 3 saturated carbocycles. The van der Waals surface area contributed by atoms with E-state index in [0.29, 0.717) is 11.8 Å². The van der Waals surface area contributed by atoms with Gasteiger partial charge in [0.15, 0.2) is 0 Å². The third-order valence-electron chi connectivity index (χ3n) is 4.92. The lowest BCUT2D eigenvalue weighted by molar-refractivity contribution is -0.143. The van der Waals surface area contributed by atoms with Crippen molar-refractivity contribution in [3.05, 3.63) is 0 Å². The Morgan fingerprint density at radius 2 is 1.90 bits per heavy atom. The van der Waals surface area contributed by atoms with Gasteiger partial charge in [-0.15, -0.1) is 0 Å². The number of nitrogens with one attached hydrogen (secondary N) is 1. The monoisotopic (exact) mass is 297 g/mol. The van der Waals surface area contributed by atoms with E-state index in [0.717, 1.165) is 18.8 Å². The van der Waals surface area contributed by atoms with E-state index in [9.17, 15) is 14.4 Å². The van der Waals surface area contributed by atoms with Crippen molar-refractivity contribution in [3.8, 4) is 0 Å². The maximum Gasteiger partial charge on any atom is 0.326 e. The van der Waals surface area contributed by atoms with Crippen molar-refractivity contribution in [2.24, 2.45) is 11.3 Å². The molecule has 0 saturated heterocycles. The minimum atomic E-state index is -1.18. The van der Waals surface area contributed by atoms with Crippen molar-refractivity contribution < 1.29 is 24.6 Å². The molecule has 3 N–H and O–H groups in total. The van der Waals surface area contributed by atoms with Crippen molar-refractivity contribution in [1.82, 2.24) is 5.32 Å². The number of aliphatic carboxylic acids is 2. The molecule has 2 bridgehead atoms. The topological polar surface area (TPSA) is 104 Å². The maximum atomic E-state index is 11.8. The van der Waals surface area contributed by atoms with E-state index in [1.807, 2.05) is 0 Å². The smallest absolute Gasteiger partial charge is 0.326 e. The molecule has 118 valence electrons. The third kappa shape index (κ3) is 4.19. The number of carboxylic acid groups (broad SMARTS) is 2. The Morgan fingerprint density at radius 1 is 1.19 bits per heavy atom. The zero-order chi connectivity index (χ0) is 15.5. The molecule has 3 aliphatic carbocycles. The summed E-state index contributed by atoms with van der Waals surface area (Å²) in [5.41, 5.74) is 0.473. The number of carbonyl (C=O) groups excluding carboxylic acids is 1. The van der Waals surface area contributed by atoms with Crippen LogP contribution in [0.25, 0.3) is 0 Å². The fraction of sp³-hybridized carbons (Fsp3) is 0.800. The van der Waals surface area contributed by atoms with E-state index in [2.05, 4.69) is 5.32 Å². The molecule has 1 amide bonds.